The standard InChI is InChI=1S/C14H19F2N5/c15-10-3-4-12(16)9(6-10)8-19-5-1-2-13-11(7-17)14(18)21-20-13/h3-4,6,11,13-14,19-21H,1-2,5,8,18H2. The third kappa shape index (κ3) is 4.19. The molecule has 0 amide bonds. The van der Waals surface area contributed by atoms with Gasteiger partial charge in [0.05, 0.1) is 18.2 Å². The molecule has 0 aliphatic carbocycles. The first-order valence-electron chi connectivity index (χ1n) is 6.92. The van der Waals surface area contributed by atoms with E-state index in [1.54, 1.807) is 0 Å². The van der Waals surface area contributed by atoms with Crippen LogP contribution in [0, 0.1) is 28.9 Å². The lowest BCUT2D eigenvalue weighted by Crippen LogP contribution is -2.38. The molecule has 21 heavy (non-hydrogen) atoms. The number of nitriles is 1. The fourth-order valence-electron chi connectivity index (χ4n) is 2.40. The van der Waals surface area contributed by atoms with Crippen LogP contribution in [-0.4, -0.2) is 18.8 Å². The number of hydrazine groups is 1. The fraction of sp³-hybridized carbons (Fsp3) is 0.500. The van der Waals surface area contributed by atoms with E-state index in [1.165, 1.54) is 6.07 Å². The second kappa shape index (κ2) is 7.43. The molecule has 0 spiro atoms. The van der Waals surface area contributed by atoms with Crippen molar-refractivity contribution in [2.45, 2.75) is 31.6 Å². The molecular weight excluding hydrogens is 276 g/mol. The lowest BCUT2D eigenvalue weighted by atomic mass is 9.97. The molecule has 1 fully saturated rings. The van der Waals surface area contributed by atoms with Gasteiger partial charge in [0.25, 0.3) is 0 Å². The summed E-state index contributed by atoms with van der Waals surface area (Å²) in [6, 6.07) is 5.61. The summed E-state index contributed by atoms with van der Waals surface area (Å²) in [5.74, 6) is -1.12. The van der Waals surface area contributed by atoms with Crippen molar-refractivity contribution in [1.82, 2.24) is 16.2 Å². The van der Waals surface area contributed by atoms with Crippen molar-refractivity contribution < 1.29 is 8.78 Å². The van der Waals surface area contributed by atoms with Gasteiger partial charge in [-0.25, -0.2) is 14.2 Å². The highest BCUT2D eigenvalue weighted by Crippen LogP contribution is 2.15. The van der Waals surface area contributed by atoms with Crippen molar-refractivity contribution in [3.8, 4) is 6.07 Å². The van der Waals surface area contributed by atoms with Gasteiger partial charge in [0.2, 0.25) is 0 Å². The molecule has 3 atom stereocenters. The quantitative estimate of drug-likeness (QED) is 0.582. The maximum Gasteiger partial charge on any atom is 0.127 e. The Morgan fingerprint density at radius 3 is 2.90 bits per heavy atom. The topological polar surface area (TPSA) is 85.9 Å². The molecular formula is C14H19F2N5. The maximum absolute atomic E-state index is 13.4. The van der Waals surface area contributed by atoms with Crippen LogP contribution < -0.4 is 21.9 Å². The maximum atomic E-state index is 13.4. The van der Waals surface area contributed by atoms with E-state index in [1.807, 2.05) is 0 Å². The van der Waals surface area contributed by atoms with E-state index < -0.39 is 11.6 Å². The lowest BCUT2D eigenvalue weighted by molar-refractivity contribution is 0.452. The van der Waals surface area contributed by atoms with Crippen LogP contribution in [0.2, 0.25) is 0 Å². The molecule has 0 aromatic heterocycles. The van der Waals surface area contributed by atoms with Crippen LogP contribution in [-0.2, 0) is 6.54 Å². The molecule has 7 heteroatoms. The average molecular weight is 295 g/mol. The SMILES string of the molecule is N#CC1C(N)NNC1CCCNCc1cc(F)ccc1F. The summed E-state index contributed by atoms with van der Waals surface area (Å²) in [7, 11) is 0. The highest BCUT2D eigenvalue weighted by atomic mass is 19.1. The van der Waals surface area contributed by atoms with Crippen LogP contribution >= 0.6 is 0 Å². The Kier molecular flexibility index (Phi) is 5.59. The normalized spacial score (nSPS) is 25.0. The lowest BCUT2D eigenvalue weighted by Gasteiger charge is -2.13. The Hall–Kier alpha value is -1.59. The fourth-order valence-corrected chi connectivity index (χ4v) is 2.40. The number of hydrogen-bond acceptors (Lipinski definition) is 5. The highest BCUT2D eigenvalue weighted by molar-refractivity contribution is 5.18. The Morgan fingerprint density at radius 1 is 1.33 bits per heavy atom. The second-order valence-electron chi connectivity index (χ2n) is 5.13. The van der Waals surface area contributed by atoms with E-state index in [-0.39, 0.29) is 24.7 Å². The summed E-state index contributed by atoms with van der Waals surface area (Å²) in [5, 5.41) is 12.1. The van der Waals surface area contributed by atoms with Gasteiger partial charge in [0.1, 0.15) is 11.6 Å². The number of rotatable bonds is 6. The minimum atomic E-state index is -0.444. The summed E-state index contributed by atoms with van der Waals surface area (Å²) < 4.78 is 26.4. The zero-order chi connectivity index (χ0) is 15.2. The first-order chi connectivity index (χ1) is 10.1. The zero-order valence-electron chi connectivity index (χ0n) is 11.6. The molecule has 114 valence electrons. The second-order valence-corrected chi connectivity index (χ2v) is 5.13. The predicted octanol–water partition coefficient (Wildman–Crippen LogP) is 0.736. The molecule has 1 aliphatic heterocycles. The first kappa shape index (κ1) is 15.8. The molecule has 1 aromatic rings. The van der Waals surface area contributed by atoms with Crippen molar-refractivity contribution in [3.05, 3.63) is 35.4 Å². The molecule has 5 N–H and O–H groups in total. The largest absolute Gasteiger partial charge is 0.314 e. The molecule has 0 saturated carbocycles. The van der Waals surface area contributed by atoms with Crippen molar-refractivity contribution in [1.29, 1.82) is 5.26 Å². The van der Waals surface area contributed by atoms with Gasteiger partial charge in [-0.2, -0.15) is 5.26 Å². The minimum Gasteiger partial charge on any atom is -0.314 e. The van der Waals surface area contributed by atoms with Crippen molar-refractivity contribution in [2.75, 3.05) is 6.54 Å². The number of nitrogens with one attached hydrogen (secondary N) is 3. The van der Waals surface area contributed by atoms with E-state index in [0.29, 0.717) is 12.1 Å². The van der Waals surface area contributed by atoms with Gasteiger partial charge >= 0.3 is 0 Å². The predicted molar refractivity (Wildman–Crippen MR) is 74.4 cm³/mol. The summed E-state index contributed by atoms with van der Waals surface area (Å²) in [5.41, 5.74) is 11.9. The van der Waals surface area contributed by atoms with E-state index in [4.69, 9.17) is 11.0 Å². The number of nitrogens with two attached hydrogens (primary N) is 1. The summed E-state index contributed by atoms with van der Waals surface area (Å²) in [6.07, 6.45) is 1.23. The molecule has 1 heterocycles. The molecule has 5 nitrogen and oxygen atoms in total. The molecule has 2 rings (SSSR count). The van der Waals surface area contributed by atoms with Gasteiger partial charge < -0.3 is 11.1 Å². The van der Waals surface area contributed by atoms with Gasteiger partial charge in [-0.15, -0.1) is 0 Å². The van der Waals surface area contributed by atoms with Crippen molar-refractivity contribution in [2.24, 2.45) is 11.7 Å². The van der Waals surface area contributed by atoms with Gasteiger partial charge in [0, 0.05) is 18.2 Å². The van der Waals surface area contributed by atoms with Gasteiger partial charge in [-0.05, 0) is 37.6 Å². The zero-order valence-corrected chi connectivity index (χ0v) is 11.6. The molecule has 0 bridgehead atoms. The Labute approximate surface area is 122 Å². The molecule has 1 aliphatic rings. The Morgan fingerprint density at radius 2 is 2.14 bits per heavy atom. The van der Waals surface area contributed by atoms with Gasteiger partial charge in [-0.3, -0.25) is 5.43 Å². The van der Waals surface area contributed by atoms with E-state index in [9.17, 15) is 8.78 Å². The number of hydrogen-bond donors (Lipinski definition) is 4. The van der Waals surface area contributed by atoms with Gasteiger partial charge in [0.15, 0.2) is 0 Å². The third-order valence-corrected chi connectivity index (χ3v) is 3.60. The number of halogens is 2. The Bertz CT molecular complexity index is 517. The third-order valence-electron chi connectivity index (χ3n) is 3.60. The molecule has 1 aromatic carbocycles. The smallest absolute Gasteiger partial charge is 0.127 e. The number of benzene rings is 1. The molecule has 3 unspecified atom stereocenters. The van der Waals surface area contributed by atoms with Crippen LogP contribution in [0.15, 0.2) is 18.2 Å². The van der Waals surface area contributed by atoms with Crippen LogP contribution in [0.4, 0.5) is 8.78 Å². The minimum absolute atomic E-state index is 0.0118. The van der Waals surface area contributed by atoms with Crippen LogP contribution in [0.3, 0.4) is 0 Å². The first-order valence-corrected chi connectivity index (χ1v) is 6.92. The Balaban J connectivity index is 1.69. The average Bonchev–Trinajstić information content (AvgIpc) is 2.82. The van der Waals surface area contributed by atoms with E-state index in [2.05, 4.69) is 22.2 Å². The summed E-state index contributed by atoms with van der Waals surface area (Å²) in [4.78, 5) is 0. The van der Waals surface area contributed by atoms with Crippen molar-refractivity contribution in [3.63, 3.8) is 0 Å². The molecule has 0 radical (unpaired) electrons. The van der Waals surface area contributed by atoms with Crippen LogP contribution in [0.25, 0.3) is 0 Å². The summed E-state index contributed by atoms with van der Waals surface area (Å²) in [6.45, 7) is 0.933. The van der Waals surface area contributed by atoms with Crippen LogP contribution in [0.5, 0.6) is 0 Å². The van der Waals surface area contributed by atoms with E-state index >= 15 is 0 Å². The number of nitrogens with zero attached hydrogens (tertiary/aromatic N) is 1. The highest BCUT2D eigenvalue weighted by Gasteiger charge is 2.32. The van der Waals surface area contributed by atoms with E-state index in [0.717, 1.165) is 25.0 Å². The molecule has 1 saturated heterocycles. The van der Waals surface area contributed by atoms with Crippen molar-refractivity contribution >= 4 is 0 Å². The summed E-state index contributed by atoms with van der Waals surface area (Å²) >= 11 is 0. The van der Waals surface area contributed by atoms with Crippen LogP contribution in [0.1, 0.15) is 18.4 Å². The monoisotopic (exact) mass is 295 g/mol. The van der Waals surface area contributed by atoms with Gasteiger partial charge in [-0.1, -0.05) is 0 Å².